The van der Waals surface area contributed by atoms with Crippen molar-refractivity contribution in [2.75, 3.05) is 6.07 Å². The van der Waals surface area contributed by atoms with E-state index in [-0.39, 0.29) is 0 Å². The molecule has 0 saturated heterocycles. The van der Waals surface area contributed by atoms with Gasteiger partial charge in [0, 0.05) is 21.6 Å². The molecular weight excluding hydrogens is 499 g/mol. The molecule has 2 nitrogen and oxygen atoms in total. The lowest BCUT2D eigenvalue weighted by Gasteiger charge is -2.62. The predicted octanol–water partition coefficient (Wildman–Crippen LogP) is 7.49. The molecule has 156 valence electrons. The molecule has 0 amide bonds. The summed E-state index contributed by atoms with van der Waals surface area (Å²) in [5, 5.41) is 0. The Morgan fingerprint density at radius 2 is 1.36 bits per heavy atom. The zero-order valence-electron chi connectivity index (χ0n) is 10.7. The Bertz CT molecular complexity index is 496. The molecule has 0 saturated carbocycles. The third kappa shape index (κ3) is 5.16. The van der Waals surface area contributed by atoms with Gasteiger partial charge in [-0.3, -0.25) is 0 Å². The fourth-order valence-electron chi connectivity index (χ4n) is 0.867. The predicted molar refractivity (Wildman–Crippen MR) is 70.6 cm³/mol. The molecule has 0 bridgehead atoms. The maximum Gasteiger partial charge on any atom is 0.495 e. The van der Waals surface area contributed by atoms with Gasteiger partial charge >= 0.3 is 17.8 Å². The minimum absolute atomic E-state index is 1.23. The third-order valence-corrected chi connectivity index (χ3v) is 11.7. The van der Waals surface area contributed by atoms with Crippen LogP contribution in [0.4, 0.5) is 51.7 Å². The van der Waals surface area contributed by atoms with Gasteiger partial charge in [-0.2, -0.15) is 43.9 Å². The van der Waals surface area contributed by atoms with Gasteiger partial charge in [0.25, 0.3) is 5.76 Å². The third-order valence-electron chi connectivity index (χ3n) is 1.81. The Balaban J connectivity index is 6.63. The van der Waals surface area contributed by atoms with E-state index in [1.807, 2.05) is 4.18 Å². The van der Waals surface area contributed by atoms with Crippen LogP contribution in [0.25, 0.3) is 0 Å². The van der Waals surface area contributed by atoms with Crippen molar-refractivity contribution in [3.63, 3.8) is 0 Å². The summed E-state index contributed by atoms with van der Waals surface area (Å²) in [4.78, 5) is -3.08. The maximum atomic E-state index is 14.6. The molecule has 0 heterocycles. The number of rotatable bonds is 8. The monoisotopic (exact) mass is 502 g/mol. The van der Waals surface area contributed by atoms with Gasteiger partial charge in [-0.25, -0.2) is 4.18 Å². The minimum Gasteiger partial charge on any atom is -0.336 e. The van der Waals surface area contributed by atoms with Crippen LogP contribution in [0.1, 0.15) is 0 Å². The topological polar surface area (TPSA) is 18.5 Å². The van der Waals surface area contributed by atoms with E-state index in [4.69, 9.17) is 23.2 Å². The molecule has 25 heavy (non-hydrogen) atoms. The molecule has 0 rings (SSSR count). The lowest BCUT2D eigenvalue weighted by molar-refractivity contribution is -0.363. The molecule has 0 fully saturated rings. The number of alkyl halides is 12. The van der Waals surface area contributed by atoms with Crippen molar-refractivity contribution in [1.29, 1.82) is 0 Å². The summed E-state index contributed by atoms with van der Waals surface area (Å²) in [5.74, 6) is -4.80. The van der Waals surface area contributed by atoms with Crippen LogP contribution in [-0.4, -0.2) is 34.5 Å². The molecule has 1 unspecified atom stereocenters. The van der Waals surface area contributed by atoms with Crippen LogP contribution in [0, 0.1) is 0 Å². The van der Waals surface area contributed by atoms with Crippen LogP contribution in [0.5, 0.6) is 0 Å². The molecule has 0 aromatic heterocycles. The molecule has 0 aromatic carbocycles. The number of ether oxygens (including phenoxy) is 1. The van der Waals surface area contributed by atoms with Gasteiger partial charge in [0.2, 0.25) is 0 Å². The first-order valence-corrected chi connectivity index (χ1v) is 10.8. The zero-order chi connectivity index (χ0) is 20.6. The van der Waals surface area contributed by atoms with E-state index in [1.165, 1.54) is 0 Å². The number of hydrogen-bond donors (Lipinski definition) is 0. The van der Waals surface area contributed by atoms with E-state index >= 15 is 0 Å². The molecular formula is C6H4Cl2F12O2S3. The number of halogens is 14. The fraction of sp³-hybridized carbons (Fsp3) is 1.00. The van der Waals surface area contributed by atoms with Crippen LogP contribution in [0.15, 0.2) is 0 Å². The highest BCUT2D eigenvalue weighted by atomic mass is 35.5. The van der Waals surface area contributed by atoms with Crippen molar-refractivity contribution in [1.82, 2.24) is 0 Å². The summed E-state index contributed by atoms with van der Waals surface area (Å²) in [6, 6.07) is -1.23. The van der Waals surface area contributed by atoms with Crippen molar-refractivity contribution >= 4 is 52.2 Å². The van der Waals surface area contributed by atoms with Crippen LogP contribution >= 0.6 is 52.2 Å². The van der Waals surface area contributed by atoms with Crippen molar-refractivity contribution in [3.05, 3.63) is 0 Å². The summed E-state index contributed by atoms with van der Waals surface area (Å²) in [5.41, 5.74) is -7.46. The number of hydrogen-bond acceptors (Lipinski definition) is 4. The van der Waals surface area contributed by atoms with E-state index < -0.39 is 63.5 Å². The molecule has 1 atom stereocenters. The molecule has 0 radical (unpaired) electrons. The first-order valence-electron chi connectivity index (χ1n) is 4.90. The maximum absolute atomic E-state index is 14.6. The molecule has 0 aliphatic rings. The van der Waals surface area contributed by atoms with Crippen LogP contribution < -0.4 is 0 Å². The molecule has 19 heteroatoms. The fourth-order valence-corrected chi connectivity index (χ4v) is 9.84. The summed E-state index contributed by atoms with van der Waals surface area (Å²) in [6.07, 6.45) is -14.3. The van der Waals surface area contributed by atoms with Gasteiger partial charge in [0.15, 0.2) is 12.3 Å². The van der Waals surface area contributed by atoms with Gasteiger partial charge in [-0.05, 0) is 0 Å². The summed E-state index contributed by atoms with van der Waals surface area (Å²) in [7, 11) is -15.7. The lowest BCUT2D eigenvalue weighted by atomic mass is 10.6. The SMILES string of the molecule is FC(F)SS(F)(F)(OC(F)(F)C(F)(F)F)(SC(Cl)OCCl)C(F)(F)F. The van der Waals surface area contributed by atoms with E-state index in [2.05, 4.69) is 4.74 Å². The Labute approximate surface area is 147 Å². The quantitative estimate of drug-likeness (QED) is 0.148. The van der Waals surface area contributed by atoms with Gasteiger partial charge < -0.3 is 4.74 Å². The smallest absolute Gasteiger partial charge is 0.336 e. The molecule has 0 spiro atoms. The zero-order valence-corrected chi connectivity index (χ0v) is 14.7. The Morgan fingerprint density at radius 1 is 0.920 bits per heavy atom. The second kappa shape index (κ2) is 6.95. The van der Waals surface area contributed by atoms with E-state index in [9.17, 15) is 51.7 Å². The Hall–Kier alpha value is 0.710. The van der Waals surface area contributed by atoms with Gasteiger partial charge in [-0.15, -0.1) is 7.77 Å². The van der Waals surface area contributed by atoms with Gasteiger partial charge in [-0.1, -0.05) is 23.2 Å². The summed E-state index contributed by atoms with van der Waals surface area (Å²) in [6.45, 7) is 0. The molecule has 0 aromatic rings. The second-order valence-corrected chi connectivity index (χ2v) is 14.5. The highest BCUT2D eigenvalue weighted by Crippen LogP contribution is 3.15. The highest BCUT2D eigenvalue weighted by molar-refractivity contribution is 9.36. The Morgan fingerprint density at radius 3 is 1.64 bits per heavy atom. The largest absolute Gasteiger partial charge is 0.495 e. The minimum atomic E-state index is -10.6. The van der Waals surface area contributed by atoms with Crippen molar-refractivity contribution in [2.45, 2.75) is 28.4 Å². The summed E-state index contributed by atoms with van der Waals surface area (Å²) < 4.78 is 160. The second-order valence-electron chi connectivity index (χ2n) is 3.59. The molecule has 0 aliphatic heterocycles. The van der Waals surface area contributed by atoms with Crippen molar-refractivity contribution < 1.29 is 60.6 Å². The average Bonchev–Trinajstić information content (AvgIpc) is 2.21. The first-order chi connectivity index (χ1) is 10.7. The van der Waals surface area contributed by atoms with E-state index in [0.717, 1.165) is 0 Å². The molecule has 0 N–H and O–H groups in total. The van der Waals surface area contributed by atoms with E-state index in [1.54, 1.807) is 0 Å². The van der Waals surface area contributed by atoms with E-state index in [0.29, 0.717) is 0 Å². The molecule has 0 aliphatic carbocycles. The average molecular weight is 503 g/mol. The van der Waals surface area contributed by atoms with Crippen LogP contribution in [-0.2, 0) is 8.92 Å². The lowest BCUT2D eigenvalue weighted by Crippen LogP contribution is -2.49. The van der Waals surface area contributed by atoms with Gasteiger partial charge in [0.05, 0.1) is 0 Å². The van der Waals surface area contributed by atoms with Gasteiger partial charge in [0.1, 0.15) is 6.07 Å². The Kier molecular flexibility index (Phi) is 7.15. The highest BCUT2D eigenvalue weighted by Gasteiger charge is 2.90. The normalized spacial score (nSPS) is 18.8. The summed E-state index contributed by atoms with van der Waals surface area (Å²) >= 11 is 9.60. The first kappa shape index (κ1) is 25.7. The van der Waals surface area contributed by atoms with Crippen LogP contribution in [0.2, 0.25) is 0 Å². The standard InChI is InChI=1S/C6H4Cl2F12O2S3/c7-1-21-2(8)23-25(19,20,6(16,17)18,24-3(9)10)22-5(14,15)4(11,12)13/h2-3H,1H2. The van der Waals surface area contributed by atoms with Crippen molar-refractivity contribution in [3.8, 4) is 0 Å². The van der Waals surface area contributed by atoms with Crippen molar-refractivity contribution in [2.24, 2.45) is 0 Å². The van der Waals surface area contributed by atoms with Crippen LogP contribution in [0.3, 0.4) is 0 Å².